The molecule has 68 heavy (non-hydrogen) atoms. The van der Waals surface area contributed by atoms with Crippen molar-refractivity contribution >= 4 is 104 Å². The molecular weight excluding hydrogens is 844 g/mol. The van der Waals surface area contributed by atoms with Crippen LogP contribution in [0.4, 0.5) is 11.4 Å². The molecule has 2 aliphatic carbocycles. The van der Waals surface area contributed by atoms with Crippen molar-refractivity contribution in [2.24, 2.45) is 0 Å². The van der Waals surface area contributed by atoms with Gasteiger partial charge in [0.2, 0.25) is 0 Å². The third-order valence-electron chi connectivity index (χ3n) is 17.4. The lowest BCUT2D eigenvalue weighted by Crippen LogP contribution is -2.60. The maximum atomic E-state index is 7.37. The van der Waals surface area contributed by atoms with Crippen LogP contribution in [0.25, 0.3) is 91.9 Å². The highest BCUT2D eigenvalue weighted by Crippen LogP contribution is 2.56. The molecule has 5 heterocycles. The van der Waals surface area contributed by atoms with Gasteiger partial charge in [0.15, 0.2) is 0 Å². The van der Waals surface area contributed by atoms with Crippen molar-refractivity contribution in [1.82, 2.24) is 4.57 Å². The van der Waals surface area contributed by atoms with Gasteiger partial charge in [-0.3, -0.25) is 0 Å². The van der Waals surface area contributed by atoms with Crippen LogP contribution in [0.15, 0.2) is 138 Å². The van der Waals surface area contributed by atoms with Crippen LogP contribution in [-0.2, 0) is 21.7 Å². The van der Waals surface area contributed by atoms with Gasteiger partial charge >= 0.3 is 6.85 Å². The van der Waals surface area contributed by atoms with E-state index in [0.717, 1.165) is 24.0 Å². The Balaban J connectivity index is 1.20. The molecule has 0 radical (unpaired) electrons. The van der Waals surface area contributed by atoms with E-state index in [9.17, 15) is 0 Å². The molecule has 15 rings (SSSR count). The number of rotatable bonds is 1. The molecule has 0 amide bonds. The Morgan fingerprint density at radius 3 is 2.06 bits per heavy atom. The molecule has 11 aromatic rings. The molecule has 3 aromatic heterocycles. The first-order chi connectivity index (χ1) is 32.6. The number of benzene rings is 8. The van der Waals surface area contributed by atoms with Crippen LogP contribution in [0.5, 0.6) is 0 Å². The number of thiophene rings is 1. The minimum Gasteiger partial charge on any atom is -0.455 e. The summed E-state index contributed by atoms with van der Waals surface area (Å²) in [5.41, 5.74) is 23.2. The zero-order valence-electron chi connectivity index (χ0n) is 40.4. The molecule has 0 spiro atoms. The lowest BCUT2D eigenvalue weighted by atomic mass is 9.43. The topological polar surface area (TPSA) is 21.3 Å². The number of hydrogen-bond donors (Lipinski definition) is 0. The predicted octanol–water partition coefficient (Wildman–Crippen LogP) is 16.2. The van der Waals surface area contributed by atoms with Crippen LogP contribution in [0, 0.1) is 0 Å². The molecule has 330 valence electrons. The Labute approximate surface area is 402 Å². The number of hydrogen-bond acceptors (Lipinski definition) is 3. The SMILES string of the molecule is CC(C)(C)c1ccc(N2B3c4cc5c(cc4-n4c6cc7c(cc6c6c8oc9ccccc9c8c(c3c64)-c3cc4sc6ccccc6c4cc32)C(C)(C)CCC7(C)C)C(C)(C)c2ccccc2-5)cc1. The van der Waals surface area contributed by atoms with E-state index in [-0.39, 0.29) is 28.5 Å². The Bertz CT molecular complexity index is 4110. The summed E-state index contributed by atoms with van der Waals surface area (Å²) in [6.07, 6.45) is 2.32. The van der Waals surface area contributed by atoms with Gasteiger partial charge in [-0.05, 0) is 139 Å². The van der Waals surface area contributed by atoms with Gasteiger partial charge in [-0.2, -0.15) is 0 Å². The predicted molar refractivity (Wildman–Crippen MR) is 292 cm³/mol. The van der Waals surface area contributed by atoms with Crippen LogP contribution in [0.2, 0.25) is 0 Å². The molecule has 0 N–H and O–H groups in total. The highest BCUT2D eigenvalue weighted by Gasteiger charge is 2.49. The monoisotopic (exact) mass is 896 g/mol. The Morgan fingerprint density at radius 1 is 0.574 bits per heavy atom. The number of furan rings is 1. The van der Waals surface area contributed by atoms with Gasteiger partial charge < -0.3 is 13.8 Å². The van der Waals surface area contributed by atoms with E-state index >= 15 is 0 Å². The van der Waals surface area contributed by atoms with Gasteiger partial charge in [-0.1, -0.05) is 141 Å². The van der Waals surface area contributed by atoms with E-state index in [2.05, 4.69) is 205 Å². The highest BCUT2D eigenvalue weighted by molar-refractivity contribution is 7.25. The molecule has 0 saturated heterocycles. The minimum atomic E-state index is -0.171. The summed E-state index contributed by atoms with van der Waals surface area (Å²) >= 11 is 1.91. The molecular formula is C63H53BN2OS. The van der Waals surface area contributed by atoms with Crippen molar-refractivity contribution in [3.05, 3.63) is 161 Å². The average Bonchev–Trinajstić information content (AvgIpc) is 4.05. The Morgan fingerprint density at radius 2 is 1.28 bits per heavy atom. The summed E-state index contributed by atoms with van der Waals surface area (Å²) in [4.78, 5) is 2.74. The molecule has 3 nitrogen and oxygen atoms in total. The van der Waals surface area contributed by atoms with Gasteiger partial charge in [0.1, 0.15) is 11.2 Å². The van der Waals surface area contributed by atoms with Crippen molar-refractivity contribution in [3.8, 4) is 27.9 Å². The van der Waals surface area contributed by atoms with Crippen LogP contribution < -0.4 is 15.7 Å². The second-order valence-electron chi connectivity index (χ2n) is 23.5. The fourth-order valence-corrected chi connectivity index (χ4v) is 14.8. The van der Waals surface area contributed by atoms with Crippen LogP contribution in [-0.4, -0.2) is 11.4 Å². The first-order valence-electron chi connectivity index (χ1n) is 24.7. The average molecular weight is 897 g/mol. The van der Waals surface area contributed by atoms with Gasteiger partial charge in [0, 0.05) is 64.4 Å². The zero-order chi connectivity index (χ0) is 46.1. The van der Waals surface area contributed by atoms with Crippen molar-refractivity contribution in [2.75, 3.05) is 4.81 Å². The van der Waals surface area contributed by atoms with Crippen molar-refractivity contribution < 1.29 is 4.42 Å². The van der Waals surface area contributed by atoms with E-state index in [1.807, 2.05) is 11.3 Å². The van der Waals surface area contributed by atoms with Gasteiger partial charge in [-0.25, -0.2) is 0 Å². The normalized spacial score (nSPS) is 17.1. The van der Waals surface area contributed by atoms with Gasteiger partial charge in [-0.15, -0.1) is 11.3 Å². The number of aromatic nitrogens is 1. The molecule has 0 fully saturated rings. The largest absolute Gasteiger partial charge is 0.455 e. The summed E-state index contributed by atoms with van der Waals surface area (Å²) in [5.74, 6) is 0. The van der Waals surface area contributed by atoms with Crippen molar-refractivity contribution in [2.45, 2.75) is 96.8 Å². The second-order valence-corrected chi connectivity index (χ2v) is 24.6. The number of anilines is 2. The van der Waals surface area contributed by atoms with E-state index in [1.165, 1.54) is 131 Å². The lowest BCUT2D eigenvalue weighted by molar-refractivity contribution is 0.332. The van der Waals surface area contributed by atoms with E-state index in [0.29, 0.717) is 0 Å². The summed E-state index contributed by atoms with van der Waals surface area (Å²) in [6, 6.07) is 52.0. The van der Waals surface area contributed by atoms with Gasteiger partial charge in [0.25, 0.3) is 0 Å². The summed E-state index contributed by atoms with van der Waals surface area (Å²) in [7, 11) is 0. The van der Waals surface area contributed by atoms with Crippen molar-refractivity contribution in [1.29, 1.82) is 0 Å². The van der Waals surface area contributed by atoms with Gasteiger partial charge in [0.05, 0.1) is 16.4 Å². The van der Waals surface area contributed by atoms with E-state index < -0.39 is 0 Å². The molecule has 0 unspecified atom stereocenters. The lowest BCUT2D eigenvalue weighted by Gasteiger charge is -2.43. The Hall–Kier alpha value is -6.56. The first-order valence-corrected chi connectivity index (χ1v) is 25.6. The quantitative estimate of drug-likeness (QED) is 0.153. The molecule has 2 aliphatic heterocycles. The van der Waals surface area contributed by atoms with Crippen LogP contribution >= 0.6 is 11.3 Å². The number of para-hydroxylation sites is 1. The highest BCUT2D eigenvalue weighted by atomic mass is 32.1. The molecule has 5 heteroatoms. The summed E-state index contributed by atoms with van der Waals surface area (Å²) in [6.45, 7) is 21.5. The fourth-order valence-electron chi connectivity index (χ4n) is 13.6. The molecule has 0 saturated carbocycles. The third kappa shape index (κ3) is 4.81. The Kier molecular flexibility index (Phi) is 7.28. The number of fused-ring (bicyclic) bond motifs is 20. The standard InChI is InChI=1S/C63H53BN2OS/c1-60(2,3)34-22-24-35(25-23-34)66-49-30-40-37-17-12-15-21-52(37)68-53(40)31-42(49)54-55-38-18-11-14-20-51(38)67-59(55)56-41-28-45-46(62(6,7)27-26-61(45,4)5)33-48(41)65-50-32-44-39(29-47(50)64(66)57(54)58(56)65)36-16-10-13-19-43(36)63(44,8)9/h10-25,28-33H,26-27H2,1-9H3. The zero-order valence-corrected chi connectivity index (χ0v) is 41.2. The fraction of sp³-hybridized carbons (Fsp3) is 0.238. The first kappa shape index (κ1) is 39.4. The molecule has 0 bridgehead atoms. The molecule has 4 aliphatic rings. The van der Waals surface area contributed by atoms with E-state index in [4.69, 9.17) is 4.42 Å². The molecule has 0 atom stereocenters. The van der Waals surface area contributed by atoms with E-state index in [1.54, 1.807) is 0 Å². The minimum absolute atomic E-state index is 0.0220. The smallest absolute Gasteiger partial charge is 0.333 e. The maximum Gasteiger partial charge on any atom is 0.333 e. The summed E-state index contributed by atoms with van der Waals surface area (Å²) < 4.78 is 12.7. The third-order valence-corrected chi connectivity index (χ3v) is 18.5. The number of nitrogens with zero attached hydrogens (tertiary/aromatic N) is 2. The molecule has 8 aromatic carbocycles. The van der Waals surface area contributed by atoms with Crippen molar-refractivity contribution in [3.63, 3.8) is 0 Å². The maximum absolute atomic E-state index is 7.37. The second kappa shape index (κ2) is 12.6. The van der Waals surface area contributed by atoms with Crippen LogP contribution in [0.3, 0.4) is 0 Å². The van der Waals surface area contributed by atoms with Crippen LogP contribution in [0.1, 0.15) is 103 Å². The summed E-state index contributed by atoms with van der Waals surface area (Å²) in [5, 5.41) is 7.55.